The normalized spacial score (nSPS) is 8.17. The van der Waals surface area contributed by atoms with E-state index in [0.29, 0.717) is 13.0 Å². The highest BCUT2D eigenvalue weighted by Crippen LogP contribution is 1.84. The Kier molecular flexibility index (Phi) is 32.3. The van der Waals surface area contributed by atoms with Gasteiger partial charge in [-0.05, 0) is 31.9 Å². The van der Waals surface area contributed by atoms with Crippen LogP contribution in [-0.2, 0) is 4.79 Å². The van der Waals surface area contributed by atoms with E-state index >= 15 is 0 Å². The summed E-state index contributed by atoms with van der Waals surface area (Å²) in [6.07, 6.45) is 7.89. The predicted molar refractivity (Wildman–Crippen MR) is 120 cm³/mol. The summed E-state index contributed by atoms with van der Waals surface area (Å²) in [4.78, 5) is 22.9. The molecule has 6 heteroatoms. The molecular weight excluding hydrogens is 368 g/mol. The SMILES string of the molecule is CCCC(C)=O.CCCCO.CCC[N+](=O)[O-].c1ccccc1.c1ccncc1. The van der Waals surface area contributed by atoms with Gasteiger partial charge in [0.2, 0.25) is 6.54 Å². The van der Waals surface area contributed by atoms with Gasteiger partial charge in [0.15, 0.2) is 0 Å². The number of aliphatic hydroxyl groups excluding tert-OH is 1. The largest absolute Gasteiger partial charge is 0.396 e. The molecule has 6 nitrogen and oxygen atoms in total. The second kappa shape index (κ2) is 30.1. The molecule has 0 saturated heterocycles. The minimum absolute atomic E-state index is 0.0972. The van der Waals surface area contributed by atoms with Gasteiger partial charge in [-0.2, -0.15) is 0 Å². The maximum Gasteiger partial charge on any atom is 0.203 e. The monoisotopic (exact) mass is 406 g/mol. The molecule has 1 heterocycles. The molecule has 0 fully saturated rings. The van der Waals surface area contributed by atoms with Gasteiger partial charge in [-0.15, -0.1) is 0 Å². The first-order valence-corrected chi connectivity index (χ1v) is 10.0. The highest BCUT2D eigenvalue weighted by Gasteiger charge is 1.86. The molecule has 0 unspecified atom stereocenters. The smallest absolute Gasteiger partial charge is 0.203 e. The maximum absolute atomic E-state index is 10.0. The molecule has 0 atom stereocenters. The van der Waals surface area contributed by atoms with Gasteiger partial charge < -0.3 is 9.90 Å². The fraction of sp³-hybridized carbons (Fsp3) is 0.478. The average molecular weight is 407 g/mol. The molecule has 0 saturated carbocycles. The van der Waals surface area contributed by atoms with Crippen molar-refractivity contribution < 1.29 is 14.8 Å². The van der Waals surface area contributed by atoms with Crippen LogP contribution in [0.2, 0.25) is 0 Å². The summed E-state index contributed by atoms with van der Waals surface area (Å²) in [5.41, 5.74) is 0. The van der Waals surface area contributed by atoms with Crippen LogP contribution in [0.3, 0.4) is 0 Å². The van der Waals surface area contributed by atoms with Crippen molar-refractivity contribution in [2.75, 3.05) is 13.2 Å². The first-order valence-electron chi connectivity index (χ1n) is 10.0. The molecule has 0 aliphatic rings. The third kappa shape index (κ3) is 45.9. The molecule has 1 aromatic carbocycles. The quantitative estimate of drug-likeness (QED) is 0.498. The summed E-state index contributed by atoms with van der Waals surface area (Å²) in [5.74, 6) is 0.289. The number of rotatable bonds is 6. The molecule has 0 aliphatic heterocycles. The Labute approximate surface area is 176 Å². The number of hydrogen-bond donors (Lipinski definition) is 1. The van der Waals surface area contributed by atoms with Crippen molar-refractivity contribution in [2.24, 2.45) is 0 Å². The van der Waals surface area contributed by atoms with Crippen LogP contribution in [0, 0.1) is 10.1 Å². The number of unbranched alkanes of at least 4 members (excludes halogenated alkanes) is 1. The minimum atomic E-state index is -0.319. The Morgan fingerprint density at radius 2 is 1.31 bits per heavy atom. The number of hydrogen-bond acceptors (Lipinski definition) is 5. The second-order valence-corrected chi connectivity index (χ2v) is 5.76. The molecule has 0 amide bonds. The van der Waals surface area contributed by atoms with Gasteiger partial charge in [-0.3, -0.25) is 15.1 Å². The minimum Gasteiger partial charge on any atom is -0.396 e. The Morgan fingerprint density at radius 3 is 1.38 bits per heavy atom. The van der Waals surface area contributed by atoms with E-state index in [2.05, 4.69) is 11.9 Å². The summed E-state index contributed by atoms with van der Waals surface area (Å²) in [5, 5.41) is 17.5. The highest BCUT2D eigenvalue weighted by molar-refractivity contribution is 5.75. The van der Waals surface area contributed by atoms with Gasteiger partial charge in [-0.25, -0.2) is 0 Å². The number of carbonyl (C=O) groups is 1. The molecule has 0 spiro atoms. The molecular formula is C23H38N2O4. The van der Waals surface area contributed by atoms with Crippen LogP contribution in [-0.4, -0.2) is 33.9 Å². The van der Waals surface area contributed by atoms with Crippen LogP contribution in [0.1, 0.15) is 59.8 Å². The van der Waals surface area contributed by atoms with Crippen LogP contribution in [0.25, 0.3) is 0 Å². The third-order valence-corrected chi connectivity index (χ3v) is 2.75. The van der Waals surface area contributed by atoms with Crippen molar-refractivity contribution in [1.29, 1.82) is 0 Å². The Hall–Kier alpha value is -2.60. The Balaban J connectivity index is -0.000000292. The van der Waals surface area contributed by atoms with E-state index in [1.165, 1.54) is 0 Å². The summed E-state index contributed by atoms with van der Waals surface area (Å²) < 4.78 is 0. The Bertz CT molecular complexity index is 434. The number of benzene rings is 1. The van der Waals surface area contributed by atoms with E-state index in [4.69, 9.17) is 5.11 Å². The van der Waals surface area contributed by atoms with Crippen LogP contribution in [0.15, 0.2) is 67.0 Å². The molecule has 1 N–H and O–H groups in total. The van der Waals surface area contributed by atoms with Crippen molar-refractivity contribution in [2.45, 2.75) is 59.8 Å². The van der Waals surface area contributed by atoms with Gasteiger partial charge in [0.1, 0.15) is 5.78 Å². The molecule has 0 aliphatic carbocycles. The third-order valence-electron chi connectivity index (χ3n) is 2.75. The number of pyridine rings is 1. The van der Waals surface area contributed by atoms with E-state index in [-0.39, 0.29) is 17.3 Å². The first-order chi connectivity index (χ1) is 14.0. The summed E-state index contributed by atoms with van der Waals surface area (Å²) in [6.45, 7) is 7.89. The lowest BCUT2D eigenvalue weighted by Gasteiger charge is -1.80. The average Bonchev–Trinajstić information content (AvgIpc) is 2.73. The van der Waals surface area contributed by atoms with Crippen molar-refractivity contribution >= 4 is 5.78 Å². The van der Waals surface area contributed by atoms with Gasteiger partial charge in [-0.1, -0.05) is 69.7 Å². The lowest BCUT2D eigenvalue weighted by molar-refractivity contribution is -0.479. The zero-order valence-corrected chi connectivity index (χ0v) is 18.4. The number of ketones is 1. The number of aliphatic hydroxyl groups is 1. The van der Waals surface area contributed by atoms with Crippen LogP contribution < -0.4 is 0 Å². The van der Waals surface area contributed by atoms with Crippen LogP contribution in [0.5, 0.6) is 0 Å². The van der Waals surface area contributed by atoms with Crippen molar-refractivity contribution in [3.05, 3.63) is 77.1 Å². The lowest BCUT2D eigenvalue weighted by atomic mass is 10.3. The van der Waals surface area contributed by atoms with Gasteiger partial charge in [0.25, 0.3) is 0 Å². The van der Waals surface area contributed by atoms with Crippen molar-refractivity contribution in [1.82, 2.24) is 4.98 Å². The van der Waals surface area contributed by atoms with Crippen LogP contribution >= 0.6 is 0 Å². The number of nitro groups is 1. The standard InChI is InChI=1S/C6H6.C5H5N.C5H10O.C4H10O.C3H7NO2/c2*1-2-4-6-5-3-1;1-3-4-5(2)6;1-2-3-4-5;1-2-3-4(5)6/h1-6H;1-5H;3-4H2,1-2H3;5H,2-4H2,1H3;2-3H2,1H3. The maximum atomic E-state index is 10.0. The number of aromatic nitrogens is 1. The fourth-order valence-electron chi connectivity index (χ4n) is 1.39. The molecule has 0 bridgehead atoms. The van der Waals surface area contributed by atoms with Crippen molar-refractivity contribution in [3.8, 4) is 0 Å². The number of nitrogens with zero attached hydrogens (tertiary/aromatic N) is 2. The Morgan fingerprint density at radius 1 is 0.862 bits per heavy atom. The van der Waals surface area contributed by atoms with E-state index in [0.717, 1.165) is 25.7 Å². The van der Waals surface area contributed by atoms with Crippen molar-refractivity contribution in [3.63, 3.8) is 0 Å². The zero-order chi connectivity index (χ0) is 22.6. The number of Topliss-reactive ketones (excluding diaryl/α,β-unsaturated/α-hetero) is 1. The van der Waals surface area contributed by atoms with E-state index in [1.54, 1.807) is 26.2 Å². The summed E-state index contributed by atoms with van der Waals surface area (Å²) >= 11 is 0. The fourth-order valence-corrected chi connectivity index (χ4v) is 1.39. The molecule has 2 rings (SSSR count). The summed E-state index contributed by atoms with van der Waals surface area (Å²) in [7, 11) is 0. The first kappa shape index (κ1) is 31.1. The predicted octanol–water partition coefficient (Wildman–Crippen LogP) is 5.60. The second-order valence-electron chi connectivity index (χ2n) is 5.76. The highest BCUT2D eigenvalue weighted by atomic mass is 16.6. The van der Waals surface area contributed by atoms with Gasteiger partial charge >= 0.3 is 0 Å². The molecule has 164 valence electrons. The zero-order valence-electron chi connectivity index (χ0n) is 18.4. The topological polar surface area (TPSA) is 93.3 Å². The van der Waals surface area contributed by atoms with Crippen LogP contribution in [0.4, 0.5) is 0 Å². The van der Waals surface area contributed by atoms with Gasteiger partial charge in [0.05, 0.1) is 0 Å². The van der Waals surface area contributed by atoms with E-state index in [1.807, 2.05) is 61.5 Å². The molecule has 0 radical (unpaired) electrons. The van der Waals surface area contributed by atoms with E-state index < -0.39 is 0 Å². The summed E-state index contributed by atoms with van der Waals surface area (Å²) in [6, 6.07) is 17.7. The molecule has 1 aromatic heterocycles. The number of carbonyl (C=O) groups excluding carboxylic acids is 1. The van der Waals surface area contributed by atoms with E-state index in [9.17, 15) is 14.9 Å². The lowest BCUT2D eigenvalue weighted by Crippen LogP contribution is -1.96. The molecule has 29 heavy (non-hydrogen) atoms. The molecule has 2 aromatic rings. The van der Waals surface area contributed by atoms with Gasteiger partial charge in [0, 0.05) is 36.8 Å².